The topological polar surface area (TPSA) is 121 Å². The number of hydrogen-bond donors (Lipinski definition) is 6. The van der Waals surface area contributed by atoms with E-state index in [1.807, 2.05) is 48.4 Å². The van der Waals surface area contributed by atoms with Crippen molar-refractivity contribution in [1.82, 2.24) is 0 Å². The Hall–Kier alpha value is -8.02. The summed E-state index contributed by atoms with van der Waals surface area (Å²) in [5.41, 5.74) is 4.40. The maximum absolute atomic E-state index is 10.6. The zero-order chi connectivity index (χ0) is 51.1. The second-order valence-corrected chi connectivity index (χ2v) is 11.3. The summed E-state index contributed by atoms with van der Waals surface area (Å²) < 4.78 is 21.1. The highest BCUT2D eigenvalue weighted by atomic mass is 35.5. The highest BCUT2D eigenvalue weighted by molar-refractivity contribution is 6.19. The molecule has 6 nitrogen and oxygen atoms in total. The Morgan fingerprint density at radius 2 is 0.864 bits per heavy atom. The second-order valence-electron chi connectivity index (χ2n) is 10.7. The van der Waals surface area contributed by atoms with E-state index in [0.29, 0.717) is 23.1 Å². The number of alkyl halides is 4. The summed E-state index contributed by atoms with van der Waals surface area (Å²) in [7, 11) is 0. The van der Waals surface area contributed by atoms with Crippen LogP contribution >= 0.6 is 23.2 Å². The van der Waals surface area contributed by atoms with Crippen molar-refractivity contribution in [3.63, 3.8) is 0 Å². The lowest BCUT2D eigenvalue weighted by atomic mass is 10.2. The number of benzene rings is 5. The summed E-state index contributed by atoms with van der Waals surface area (Å²) in [5, 5.41) is 50.9. The minimum Gasteiger partial charge on any atom is -0.508 e. The number of phenols is 4. The number of phenolic OH excluding ortho intramolecular Hbond substituents is 4. The normalized spacial score (nSPS) is 7.59. The summed E-state index contributed by atoms with van der Waals surface area (Å²) in [6, 6.07) is 36.7. The average molecular weight is 934 g/mol. The Morgan fingerprint density at radius 1 is 0.500 bits per heavy atom. The van der Waals surface area contributed by atoms with Crippen LogP contribution in [-0.2, 0) is 0 Å². The molecule has 5 rings (SSSR count). The van der Waals surface area contributed by atoms with Gasteiger partial charge < -0.3 is 30.6 Å². The van der Waals surface area contributed by atoms with Crippen LogP contribution in [0.15, 0.2) is 172 Å². The summed E-state index contributed by atoms with van der Waals surface area (Å²) in [6.07, 6.45) is 29.7. The number of aromatic hydroxyl groups is 4. The predicted molar refractivity (Wildman–Crippen MR) is 275 cm³/mol. The van der Waals surface area contributed by atoms with Crippen molar-refractivity contribution in [2.45, 2.75) is 0 Å². The van der Waals surface area contributed by atoms with Gasteiger partial charge in [-0.15, -0.1) is 75.1 Å². The molecule has 0 radical (unpaired) electrons. The Kier molecular flexibility index (Phi) is 55.9. The van der Waals surface area contributed by atoms with Gasteiger partial charge >= 0.3 is 0 Å². The lowest BCUT2D eigenvalue weighted by Gasteiger charge is -1.91. The molecule has 0 aromatic heterocycles. The molecular formula is C56H56Cl2F2O6. The van der Waals surface area contributed by atoms with Crippen LogP contribution in [0, 0.1) is 73.6 Å². The SMILES string of the molecule is C#CCCl.C#CCF.C#CCO.C#Cc1ccc(O)cc1.C#Cc1cccc(O)c1.C=CCCl.C=CCF.C=CCO.C=Cc1ccc(O)cc1.Oc1ccc(C#Cc2ccccc2)cc1. The fraction of sp³-hybridized carbons (Fsp3) is 0.107. The number of halogens is 4. The maximum atomic E-state index is 10.6. The van der Waals surface area contributed by atoms with Crippen molar-refractivity contribution in [2.24, 2.45) is 0 Å². The molecule has 0 saturated heterocycles. The molecule has 10 heteroatoms. The van der Waals surface area contributed by atoms with Gasteiger partial charge in [-0.25, -0.2) is 8.78 Å². The monoisotopic (exact) mass is 932 g/mol. The van der Waals surface area contributed by atoms with Crippen LogP contribution in [0.5, 0.6) is 23.0 Å². The van der Waals surface area contributed by atoms with Gasteiger partial charge in [0.15, 0.2) is 0 Å². The van der Waals surface area contributed by atoms with Crippen molar-refractivity contribution in [3.05, 3.63) is 200 Å². The van der Waals surface area contributed by atoms with Gasteiger partial charge in [0.2, 0.25) is 0 Å². The van der Waals surface area contributed by atoms with Gasteiger partial charge in [-0.2, -0.15) is 0 Å². The molecule has 0 heterocycles. The number of rotatable bonds is 4. The Balaban J connectivity index is -0.000000219. The third-order valence-corrected chi connectivity index (χ3v) is 6.13. The Morgan fingerprint density at radius 3 is 1.14 bits per heavy atom. The largest absolute Gasteiger partial charge is 0.508 e. The molecule has 0 fully saturated rings. The molecule has 6 N–H and O–H groups in total. The second kappa shape index (κ2) is 55.0. The van der Waals surface area contributed by atoms with Crippen molar-refractivity contribution < 1.29 is 39.4 Å². The highest BCUT2D eigenvalue weighted by Crippen LogP contribution is 2.11. The quantitative estimate of drug-likeness (QED) is 0.0607. The molecule has 0 bridgehead atoms. The van der Waals surface area contributed by atoms with Gasteiger partial charge in [-0.1, -0.05) is 109 Å². The molecule has 66 heavy (non-hydrogen) atoms. The van der Waals surface area contributed by atoms with Crippen molar-refractivity contribution in [2.75, 3.05) is 38.3 Å². The molecule has 5 aromatic rings. The molecule has 0 unspecified atom stereocenters. The van der Waals surface area contributed by atoms with E-state index in [0.717, 1.165) is 22.3 Å². The van der Waals surface area contributed by atoms with E-state index in [1.54, 1.807) is 103 Å². The first-order valence-electron chi connectivity index (χ1n) is 18.7. The van der Waals surface area contributed by atoms with Crippen molar-refractivity contribution in [1.29, 1.82) is 0 Å². The molecule has 0 atom stereocenters. The predicted octanol–water partition coefficient (Wildman–Crippen LogP) is 11.4. The fourth-order valence-corrected chi connectivity index (χ4v) is 2.97. The number of allylic oxidation sites excluding steroid dienone is 2. The minimum absolute atomic E-state index is 0.0833. The van der Waals surface area contributed by atoms with E-state index in [9.17, 15) is 8.78 Å². The Bertz CT molecular complexity index is 2180. The highest BCUT2D eigenvalue weighted by Gasteiger charge is 1.89. The third kappa shape index (κ3) is 52.1. The van der Waals surface area contributed by atoms with E-state index in [1.165, 1.54) is 12.2 Å². The zero-order valence-electron chi connectivity index (χ0n) is 36.6. The van der Waals surface area contributed by atoms with Crippen LogP contribution in [0.1, 0.15) is 27.8 Å². The number of terminal acetylenes is 5. The van der Waals surface area contributed by atoms with E-state index in [2.05, 4.69) is 75.2 Å². The Labute approximate surface area is 401 Å². The smallest absolute Gasteiger partial charge is 0.150 e. The molecule has 0 spiro atoms. The third-order valence-electron chi connectivity index (χ3n) is 5.76. The summed E-state index contributed by atoms with van der Waals surface area (Å²) in [5.74, 6) is 18.8. The summed E-state index contributed by atoms with van der Waals surface area (Å²) >= 11 is 10.0. The zero-order valence-corrected chi connectivity index (χ0v) is 38.1. The van der Waals surface area contributed by atoms with Crippen LogP contribution in [-0.4, -0.2) is 69.0 Å². The maximum Gasteiger partial charge on any atom is 0.150 e. The van der Waals surface area contributed by atoms with Gasteiger partial charge in [0, 0.05) is 28.1 Å². The van der Waals surface area contributed by atoms with Gasteiger partial charge in [0.25, 0.3) is 0 Å². The van der Waals surface area contributed by atoms with Gasteiger partial charge in [0.05, 0.1) is 12.5 Å². The van der Waals surface area contributed by atoms with Crippen LogP contribution in [0.25, 0.3) is 6.08 Å². The number of hydrogen-bond acceptors (Lipinski definition) is 6. The number of aliphatic hydroxyl groups is 2. The first-order chi connectivity index (χ1) is 31.8. The molecule has 0 aliphatic heterocycles. The lowest BCUT2D eigenvalue weighted by Crippen LogP contribution is -1.74. The van der Waals surface area contributed by atoms with E-state index >= 15 is 0 Å². The molecule has 0 aliphatic carbocycles. The standard InChI is InChI=1S/C14H10O.C8H8O.2C8H6O.C3H5Cl.C3H3Cl.C3H5F.C3H3F.C3H6O.C3H4O/c15-14-10-8-13(9-11-14)7-6-12-4-2-1-3-5-12;2*1-2-7-3-5-8(9)6-4-7;1-2-7-4-3-5-8(9)6-7;6*1-2-3-4/h1-5,8-11,15H;2-6,9H,1H2;2*1,3-6,9H;2H,1,3H2;1H,3H2;2H,1,3H2;1H,3H2;2,4H,1,3H2;1,4H,3H2. The van der Waals surface area contributed by atoms with Gasteiger partial charge in [-0.05, 0) is 96.6 Å². The number of aliphatic hydroxyl groups excluding tert-OH is 2. The molecular weight excluding hydrogens is 878 g/mol. The van der Waals surface area contributed by atoms with E-state index < -0.39 is 13.3 Å². The summed E-state index contributed by atoms with van der Waals surface area (Å²) in [6.45, 7) is 12.1. The summed E-state index contributed by atoms with van der Waals surface area (Å²) in [4.78, 5) is 0. The molecule has 0 amide bonds. The minimum atomic E-state index is -0.653. The van der Waals surface area contributed by atoms with Crippen molar-refractivity contribution in [3.8, 4) is 96.6 Å². The first-order valence-corrected chi connectivity index (χ1v) is 19.8. The van der Waals surface area contributed by atoms with Gasteiger partial charge in [-0.3, -0.25) is 0 Å². The van der Waals surface area contributed by atoms with Crippen LogP contribution in [0.2, 0.25) is 0 Å². The molecule has 344 valence electrons. The van der Waals surface area contributed by atoms with Crippen LogP contribution in [0.3, 0.4) is 0 Å². The fourth-order valence-electron chi connectivity index (χ4n) is 2.97. The first kappa shape index (κ1) is 67.1. The van der Waals surface area contributed by atoms with Crippen molar-refractivity contribution >= 4 is 29.3 Å². The molecule has 5 aromatic carbocycles. The van der Waals surface area contributed by atoms with Crippen LogP contribution in [0.4, 0.5) is 8.78 Å². The van der Waals surface area contributed by atoms with E-state index in [-0.39, 0.29) is 30.5 Å². The van der Waals surface area contributed by atoms with E-state index in [4.69, 9.17) is 66.7 Å². The molecule has 0 aliphatic rings. The van der Waals surface area contributed by atoms with Gasteiger partial charge in [0.1, 0.15) is 43.0 Å². The average Bonchev–Trinajstić information content (AvgIpc) is 3.38. The van der Waals surface area contributed by atoms with Crippen LogP contribution < -0.4 is 0 Å². The molecule has 0 saturated carbocycles. The lowest BCUT2D eigenvalue weighted by molar-refractivity contribution is 0.343.